The maximum absolute atomic E-state index is 13.1. The minimum atomic E-state index is -0.811. The number of amides is 2. The second-order valence-corrected chi connectivity index (χ2v) is 7.47. The molecule has 2 amide bonds. The molecule has 2 N–H and O–H groups in total. The van der Waals surface area contributed by atoms with Crippen LogP contribution in [0.25, 0.3) is 0 Å². The number of hydrogen-bond acceptors (Lipinski definition) is 4. The molecular formula is C22H24N2O4. The Labute approximate surface area is 164 Å². The number of ether oxygens (including phenoxy) is 2. The van der Waals surface area contributed by atoms with Gasteiger partial charge in [0.25, 0.3) is 5.91 Å². The van der Waals surface area contributed by atoms with Gasteiger partial charge in [-0.1, -0.05) is 54.8 Å². The zero-order chi connectivity index (χ0) is 19.6. The van der Waals surface area contributed by atoms with E-state index in [0.29, 0.717) is 11.5 Å². The van der Waals surface area contributed by atoms with Crippen molar-refractivity contribution in [2.45, 2.75) is 44.1 Å². The highest BCUT2D eigenvalue weighted by Crippen LogP contribution is 2.41. The molecule has 1 fully saturated rings. The Morgan fingerprint density at radius 1 is 1.00 bits per heavy atom. The molecule has 0 bridgehead atoms. The maximum Gasteiger partial charge on any atom is 0.283 e. The van der Waals surface area contributed by atoms with E-state index < -0.39 is 17.4 Å². The van der Waals surface area contributed by atoms with Crippen molar-refractivity contribution in [3.8, 4) is 11.5 Å². The number of benzene rings is 2. The van der Waals surface area contributed by atoms with Crippen LogP contribution in [-0.2, 0) is 15.0 Å². The van der Waals surface area contributed by atoms with E-state index in [1.807, 2.05) is 37.3 Å². The van der Waals surface area contributed by atoms with Crippen molar-refractivity contribution in [3.05, 3.63) is 59.7 Å². The predicted molar refractivity (Wildman–Crippen MR) is 104 cm³/mol. The molecular weight excluding hydrogens is 356 g/mol. The normalized spacial score (nSPS) is 19.7. The summed E-state index contributed by atoms with van der Waals surface area (Å²) in [4.78, 5) is 25.6. The zero-order valence-electron chi connectivity index (χ0n) is 15.9. The highest BCUT2D eigenvalue weighted by atomic mass is 16.6. The molecule has 0 saturated heterocycles. The molecule has 2 aromatic carbocycles. The Kier molecular flexibility index (Phi) is 4.94. The van der Waals surface area contributed by atoms with E-state index in [4.69, 9.17) is 9.47 Å². The van der Waals surface area contributed by atoms with Gasteiger partial charge in [0.15, 0.2) is 11.5 Å². The third kappa shape index (κ3) is 3.42. The number of carbonyl (C=O) groups is 2. The molecule has 1 aliphatic heterocycles. The molecule has 146 valence electrons. The minimum absolute atomic E-state index is 0.0989. The van der Waals surface area contributed by atoms with Crippen molar-refractivity contribution in [3.63, 3.8) is 0 Å². The largest absolute Gasteiger partial charge is 0.485 e. The van der Waals surface area contributed by atoms with Crippen molar-refractivity contribution in [2.24, 2.45) is 0 Å². The lowest BCUT2D eigenvalue weighted by atomic mass is 9.77. The third-order valence-corrected chi connectivity index (χ3v) is 5.56. The average Bonchev–Trinajstić information content (AvgIpc) is 3.22. The van der Waals surface area contributed by atoms with Crippen LogP contribution in [0.1, 0.15) is 36.8 Å². The number of hydrazine groups is 1. The quantitative estimate of drug-likeness (QED) is 0.803. The van der Waals surface area contributed by atoms with Gasteiger partial charge in [0.05, 0.1) is 5.41 Å². The first-order valence-corrected chi connectivity index (χ1v) is 9.64. The molecule has 1 heterocycles. The summed E-state index contributed by atoms with van der Waals surface area (Å²) in [5.74, 6) is 0.522. The number of carbonyl (C=O) groups excluding carboxylic acids is 2. The third-order valence-electron chi connectivity index (χ3n) is 5.56. The summed E-state index contributed by atoms with van der Waals surface area (Å²) in [6.45, 7) is 2.12. The summed E-state index contributed by atoms with van der Waals surface area (Å²) in [5.41, 5.74) is 6.67. The Morgan fingerprint density at radius 2 is 1.75 bits per heavy atom. The SMILES string of the molecule is Cc1cccc(C2(C(=O)NNC(=O)C3COc4ccccc4O3)CCCC2)c1. The first kappa shape index (κ1) is 18.3. The van der Waals surface area contributed by atoms with Crippen molar-refractivity contribution in [2.75, 3.05) is 6.61 Å². The van der Waals surface area contributed by atoms with E-state index in [0.717, 1.165) is 36.8 Å². The number of fused-ring (bicyclic) bond motifs is 1. The van der Waals surface area contributed by atoms with Gasteiger partial charge in [-0.05, 0) is 37.5 Å². The van der Waals surface area contributed by atoms with Crippen molar-refractivity contribution >= 4 is 11.8 Å². The summed E-state index contributed by atoms with van der Waals surface area (Å²) in [6.07, 6.45) is 2.72. The molecule has 4 rings (SSSR count). The Bertz CT molecular complexity index is 890. The number of aryl methyl sites for hydroxylation is 1. The van der Waals surface area contributed by atoms with Crippen LogP contribution in [-0.4, -0.2) is 24.5 Å². The lowest BCUT2D eigenvalue weighted by Gasteiger charge is -2.30. The molecule has 0 radical (unpaired) electrons. The van der Waals surface area contributed by atoms with Crippen LogP contribution in [0.2, 0.25) is 0 Å². The number of nitrogens with one attached hydrogen (secondary N) is 2. The molecule has 1 saturated carbocycles. The molecule has 2 aliphatic rings. The highest BCUT2D eigenvalue weighted by molar-refractivity contribution is 5.91. The molecule has 1 atom stereocenters. The summed E-state index contributed by atoms with van der Waals surface area (Å²) in [5, 5.41) is 0. The van der Waals surface area contributed by atoms with Gasteiger partial charge in [0.1, 0.15) is 6.61 Å². The zero-order valence-corrected chi connectivity index (χ0v) is 15.9. The van der Waals surface area contributed by atoms with Gasteiger partial charge in [-0.25, -0.2) is 0 Å². The Morgan fingerprint density at radius 3 is 2.50 bits per heavy atom. The fraction of sp³-hybridized carbons (Fsp3) is 0.364. The van der Waals surface area contributed by atoms with Crippen molar-refractivity contribution in [1.82, 2.24) is 10.9 Å². The van der Waals surface area contributed by atoms with E-state index >= 15 is 0 Å². The molecule has 1 unspecified atom stereocenters. The minimum Gasteiger partial charge on any atom is -0.485 e. The lowest BCUT2D eigenvalue weighted by Crippen LogP contribution is -2.55. The van der Waals surface area contributed by atoms with Crippen LogP contribution in [0.4, 0.5) is 0 Å². The van der Waals surface area contributed by atoms with Crippen LogP contribution < -0.4 is 20.3 Å². The van der Waals surface area contributed by atoms with Crippen LogP contribution >= 0.6 is 0 Å². The predicted octanol–water partition coefficient (Wildman–Crippen LogP) is 2.79. The second kappa shape index (κ2) is 7.54. The van der Waals surface area contributed by atoms with E-state index in [1.54, 1.807) is 12.1 Å². The average molecular weight is 380 g/mol. The fourth-order valence-electron chi connectivity index (χ4n) is 4.04. The van der Waals surface area contributed by atoms with Gasteiger partial charge in [-0.2, -0.15) is 0 Å². The number of hydrogen-bond donors (Lipinski definition) is 2. The molecule has 2 aromatic rings. The summed E-state index contributed by atoms with van der Waals surface area (Å²) in [7, 11) is 0. The fourth-order valence-corrected chi connectivity index (χ4v) is 4.04. The van der Waals surface area contributed by atoms with Crippen LogP contribution in [0.5, 0.6) is 11.5 Å². The van der Waals surface area contributed by atoms with Crippen LogP contribution in [0.15, 0.2) is 48.5 Å². The number of para-hydroxylation sites is 2. The van der Waals surface area contributed by atoms with Gasteiger partial charge < -0.3 is 9.47 Å². The maximum atomic E-state index is 13.1. The highest BCUT2D eigenvalue weighted by Gasteiger charge is 2.43. The molecule has 6 heteroatoms. The van der Waals surface area contributed by atoms with Gasteiger partial charge in [0.2, 0.25) is 12.0 Å². The standard InChI is InChI=1S/C22H24N2O4/c1-15-7-6-8-16(13-15)22(11-4-5-12-22)21(26)24-23-20(25)19-14-27-17-9-2-3-10-18(17)28-19/h2-3,6-10,13,19H,4-5,11-12,14H2,1H3,(H,23,25)(H,24,26). The molecule has 0 spiro atoms. The van der Waals surface area contributed by atoms with E-state index in [-0.39, 0.29) is 12.5 Å². The monoisotopic (exact) mass is 380 g/mol. The van der Waals surface area contributed by atoms with Crippen molar-refractivity contribution < 1.29 is 19.1 Å². The molecule has 0 aromatic heterocycles. The molecule has 1 aliphatic carbocycles. The number of rotatable bonds is 3. The molecule has 6 nitrogen and oxygen atoms in total. The van der Waals surface area contributed by atoms with E-state index in [2.05, 4.69) is 16.9 Å². The van der Waals surface area contributed by atoms with Gasteiger partial charge >= 0.3 is 0 Å². The first-order chi connectivity index (χ1) is 13.6. The smallest absolute Gasteiger partial charge is 0.283 e. The first-order valence-electron chi connectivity index (χ1n) is 9.64. The lowest BCUT2D eigenvalue weighted by molar-refractivity contribution is -0.137. The van der Waals surface area contributed by atoms with Crippen LogP contribution in [0, 0.1) is 6.92 Å². The van der Waals surface area contributed by atoms with Gasteiger partial charge in [0, 0.05) is 0 Å². The van der Waals surface area contributed by atoms with E-state index in [1.165, 1.54) is 0 Å². The van der Waals surface area contributed by atoms with Gasteiger partial charge in [-0.15, -0.1) is 0 Å². The Hall–Kier alpha value is -3.02. The summed E-state index contributed by atoms with van der Waals surface area (Å²) < 4.78 is 11.3. The summed E-state index contributed by atoms with van der Waals surface area (Å²) in [6, 6.07) is 15.2. The van der Waals surface area contributed by atoms with Crippen LogP contribution in [0.3, 0.4) is 0 Å². The van der Waals surface area contributed by atoms with Crippen molar-refractivity contribution in [1.29, 1.82) is 0 Å². The van der Waals surface area contributed by atoms with Gasteiger partial charge in [-0.3, -0.25) is 20.4 Å². The molecule has 28 heavy (non-hydrogen) atoms. The second-order valence-electron chi connectivity index (χ2n) is 7.47. The summed E-state index contributed by atoms with van der Waals surface area (Å²) >= 11 is 0. The Balaban J connectivity index is 1.42. The topological polar surface area (TPSA) is 76.7 Å². The van der Waals surface area contributed by atoms with E-state index in [9.17, 15) is 9.59 Å².